The molecular formula is C12H24N2O2. The van der Waals surface area contributed by atoms with Crippen molar-refractivity contribution in [2.24, 2.45) is 0 Å². The standard InChI is InChI=1S/C12H24N2O2/c1-12(2,3)16-11(15)14(5)10-7-6-8-13(4)9-10/h10H,6-9H2,1-5H3. The molecular weight excluding hydrogens is 204 g/mol. The number of nitrogens with zero attached hydrogens (tertiary/aromatic N) is 2. The predicted molar refractivity (Wildman–Crippen MR) is 64.5 cm³/mol. The van der Waals surface area contributed by atoms with Crippen LogP contribution < -0.4 is 0 Å². The smallest absolute Gasteiger partial charge is 0.410 e. The van der Waals surface area contributed by atoms with E-state index in [0.29, 0.717) is 0 Å². The van der Waals surface area contributed by atoms with Crippen LogP contribution in [-0.2, 0) is 4.74 Å². The lowest BCUT2D eigenvalue weighted by molar-refractivity contribution is 0.0151. The molecule has 1 heterocycles. The highest BCUT2D eigenvalue weighted by molar-refractivity contribution is 5.68. The number of carbonyl (C=O) groups excluding carboxylic acids is 1. The molecule has 0 spiro atoms. The maximum absolute atomic E-state index is 11.8. The van der Waals surface area contributed by atoms with E-state index in [0.717, 1.165) is 25.9 Å². The summed E-state index contributed by atoms with van der Waals surface area (Å²) in [5.74, 6) is 0. The Labute approximate surface area is 98.5 Å². The van der Waals surface area contributed by atoms with Crippen molar-refractivity contribution in [1.82, 2.24) is 9.80 Å². The van der Waals surface area contributed by atoms with Crippen LogP contribution in [0.25, 0.3) is 0 Å². The van der Waals surface area contributed by atoms with E-state index >= 15 is 0 Å². The van der Waals surface area contributed by atoms with Crippen LogP contribution in [0.15, 0.2) is 0 Å². The highest BCUT2D eigenvalue weighted by atomic mass is 16.6. The summed E-state index contributed by atoms with van der Waals surface area (Å²) < 4.78 is 5.36. The van der Waals surface area contributed by atoms with Crippen molar-refractivity contribution in [2.45, 2.75) is 45.3 Å². The monoisotopic (exact) mass is 228 g/mol. The number of rotatable bonds is 1. The Balaban J connectivity index is 2.49. The second kappa shape index (κ2) is 5.04. The van der Waals surface area contributed by atoms with Gasteiger partial charge in [0.1, 0.15) is 5.60 Å². The van der Waals surface area contributed by atoms with Gasteiger partial charge in [-0.25, -0.2) is 4.79 Å². The van der Waals surface area contributed by atoms with Crippen LogP contribution in [0.5, 0.6) is 0 Å². The van der Waals surface area contributed by atoms with Gasteiger partial charge in [0, 0.05) is 19.6 Å². The first kappa shape index (κ1) is 13.3. The topological polar surface area (TPSA) is 32.8 Å². The molecule has 0 N–H and O–H groups in total. The second-order valence-electron chi connectivity index (χ2n) is 5.65. The third-order valence-corrected chi connectivity index (χ3v) is 2.83. The molecule has 1 aliphatic heterocycles. The molecule has 0 radical (unpaired) electrons. The van der Waals surface area contributed by atoms with Crippen molar-refractivity contribution in [3.8, 4) is 0 Å². The van der Waals surface area contributed by atoms with Crippen molar-refractivity contribution < 1.29 is 9.53 Å². The lowest BCUT2D eigenvalue weighted by Gasteiger charge is -2.36. The maximum atomic E-state index is 11.8. The first-order valence-electron chi connectivity index (χ1n) is 5.94. The van der Waals surface area contributed by atoms with Gasteiger partial charge in [0.25, 0.3) is 0 Å². The van der Waals surface area contributed by atoms with Gasteiger partial charge in [-0.1, -0.05) is 0 Å². The van der Waals surface area contributed by atoms with Crippen LogP contribution >= 0.6 is 0 Å². The summed E-state index contributed by atoms with van der Waals surface area (Å²) in [5, 5.41) is 0. The summed E-state index contributed by atoms with van der Waals surface area (Å²) in [5.41, 5.74) is -0.411. The van der Waals surface area contributed by atoms with Crippen LogP contribution in [0.4, 0.5) is 4.79 Å². The lowest BCUT2D eigenvalue weighted by atomic mass is 10.1. The fourth-order valence-corrected chi connectivity index (χ4v) is 1.94. The molecule has 4 nitrogen and oxygen atoms in total. The summed E-state index contributed by atoms with van der Waals surface area (Å²) in [6.45, 7) is 7.75. The fraction of sp³-hybridized carbons (Fsp3) is 0.917. The Morgan fingerprint density at radius 1 is 1.44 bits per heavy atom. The minimum atomic E-state index is -0.411. The number of carbonyl (C=O) groups is 1. The second-order valence-corrected chi connectivity index (χ2v) is 5.65. The Morgan fingerprint density at radius 2 is 2.06 bits per heavy atom. The normalized spacial score (nSPS) is 22.9. The molecule has 0 saturated carbocycles. The molecule has 1 amide bonds. The highest BCUT2D eigenvalue weighted by Crippen LogP contribution is 2.16. The van der Waals surface area contributed by atoms with Crippen molar-refractivity contribution in [3.63, 3.8) is 0 Å². The zero-order valence-corrected chi connectivity index (χ0v) is 11.1. The summed E-state index contributed by atoms with van der Waals surface area (Å²) >= 11 is 0. The maximum Gasteiger partial charge on any atom is 0.410 e. The zero-order chi connectivity index (χ0) is 12.3. The number of hydrogen-bond donors (Lipinski definition) is 0. The van der Waals surface area contributed by atoms with Crippen molar-refractivity contribution in [3.05, 3.63) is 0 Å². The number of hydrogen-bond acceptors (Lipinski definition) is 3. The van der Waals surface area contributed by atoms with Gasteiger partial charge in [-0.3, -0.25) is 0 Å². The van der Waals surface area contributed by atoms with Gasteiger partial charge >= 0.3 is 6.09 Å². The minimum Gasteiger partial charge on any atom is -0.444 e. The van der Waals surface area contributed by atoms with E-state index in [1.54, 1.807) is 4.90 Å². The molecule has 4 heteroatoms. The van der Waals surface area contributed by atoms with Crippen LogP contribution in [0.2, 0.25) is 0 Å². The number of likely N-dealkylation sites (N-methyl/N-ethyl adjacent to an activating group) is 2. The molecule has 0 aromatic heterocycles. The largest absolute Gasteiger partial charge is 0.444 e. The third kappa shape index (κ3) is 4.00. The average molecular weight is 228 g/mol. The van der Waals surface area contributed by atoms with E-state index in [9.17, 15) is 4.79 Å². The van der Waals surface area contributed by atoms with E-state index in [1.807, 2.05) is 27.8 Å². The molecule has 1 atom stereocenters. The molecule has 16 heavy (non-hydrogen) atoms. The number of piperidine rings is 1. The number of ether oxygens (including phenoxy) is 1. The van der Waals surface area contributed by atoms with E-state index in [4.69, 9.17) is 4.74 Å². The van der Waals surface area contributed by atoms with Crippen molar-refractivity contribution >= 4 is 6.09 Å². The van der Waals surface area contributed by atoms with Crippen molar-refractivity contribution in [1.29, 1.82) is 0 Å². The van der Waals surface area contributed by atoms with Crippen LogP contribution in [0, 0.1) is 0 Å². The lowest BCUT2D eigenvalue weighted by Crippen LogP contribution is -2.48. The minimum absolute atomic E-state index is 0.215. The third-order valence-electron chi connectivity index (χ3n) is 2.83. The fourth-order valence-electron chi connectivity index (χ4n) is 1.94. The predicted octanol–water partition coefficient (Wildman–Crippen LogP) is 1.95. The average Bonchev–Trinajstić information content (AvgIpc) is 2.14. The van der Waals surface area contributed by atoms with Gasteiger partial charge in [0.05, 0.1) is 0 Å². The quantitative estimate of drug-likeness (QED) is 0.687. The van der Waals surface area contributed by atoms with Crippen LogP contribution in [0.3, 0.4) is 0 Å². The van der Waals surface area contributed by atoms with Gasteiger partial charge in [-0.05, 0) is 47.2 Å². The first-order valence-corrected chi connectivity index (χ1v) is 5.94. The molecule has 0 aromatic carbocycles. The van der Waals surface area contributed by atoms with Crippen LogP contribution in [0.1, 0.15) is 33.6 Å². The SMILES string of the molecule is CN1CCCC(N(C)C(=O)OC(C)(C)C)C1. The molecule has 0 bridgehead atoms. The van der Waals surface area contributed by atoms with E-state index in [2.05, 4.69) is 11.9 Å². The first-order chi connectivity index (χ1) is 7.29. The molecule has 0 aliphatic carbocycles. The number of likely N-dealkylation sites (tertiary alicyclic amines) is 1. The highest BCUT2D eigenvalue weighted by Gasteiger charge is 2.27. The molecule has 1 fully saturated rings. The summed E-state index contributed by atoms with van der Waals surface area (Å²) in [4.78, 5) is 15.8. The molecule has 1 saturated heterocycles. The summed E-state index contributed by atoms with van der Waals surface area (Å²) in [6.07, 6.45) is 2.00. The van der Waals surface area contributed by atoms with E-state index in [-0.39, 0.29) is 12.1 Å². The Hall–Kier alpha value is -0.770. The molecule has 1 aliphatic rings. The Morgan fingerprint density at radius 3 is 2.56 bits per heavy atom. The Bertz CT molecular complexity index is 248. The van der Waals surface area contributed by atoms with E-state index < -0.39 is 5.60 Å². The van der Waals surface area contributed by atoms with Crippen molar-refractivity contribution in [2.75, 3.05) is 27.2 Å². The zero-order valence-electron chi connectivity index (χ0n) is 11.1. The number of amides is 1. The van der Waals surface area contributed by atoms with Gasteiger partial charge in [0.2, 0.25) is 0 Å². The molecule has 1 rings (SSSR count). The molecule has 0 aromatic rings. The van der Waals surface area contributed by atoms with Gasteiger partial charge in [-0.15, -0.1) is 0 Å². The van der Waals surface area contributed by atoms with Gasteiger partial charge < -0.3 is 14.5 Å². The summed E-state index contributed by atoms with van der Waals surface area (Å²) in [7, 11) is 3.92. The Kier molecular flexibility index (Phi) is 4.19. The summed E-state index contributed by atoms with van der Waals surface area (Å²) in [6, 6.07) is 0.286. The van der Waals surface area contributed by atoms with Crippen LogP contribution in [-0.4, -0.2) is 54.7 Å². The van der Waals surface area contributed by atoms with Gasteiger partial charge in [-0.2, -0.15) is 0 Å². The molecule has 1 unspecified atom stereocenters. The molecule has 94 valence electrons. The van der Waals surface area contributed by atoms with E-state index in [1.165, 1.54) is 0 Å². The van der Waals surface area contributed by atoms with Gasteiger partial charge in [0.15, 0.2) is 0 Å².